The van der Waals surface area contributed by atoms with Crippen LogP contribution in [0.25, 0.3) is 0 Å². The number of carbonyl (C=O) groups excluding carboxylic acids is 1. The third-order valence-corrected chi connectivity index (χ3v) is 4.10. The van der Waals surface area contributed by atoms with Crippen molar-refractivity contribution in [1.29, 1.82) is 0 Å². The first kappa shape index (κ1) is 16.5. The number of hydrogen-bond donors (Lipinski definition) is 1. The van der Waals surface area contributed by atoms with Crippen molar-refractivity contribution in [1.82, 2.24) is 10.2 Å². The standard InChI is InChI=1S/C16H32N2O/c1-7-9-13-16(19)18(14(8-2)12(5)6)15(17-13)10-11(3)4/h11-15,17H,7-10H2,1-6H3. The molecule has 1 heterocycles. The summed E-state index contributed by atoms with van der Waals surface area (Å²) in [6, 6.07) is 0.409. The second-order valence-corrected chi connectivity index (χ2v) is 6.62. The Kier molecular flexibility index (Phi) is 6.31. The van der Waals surface area contributed by atoms with Gasteiger partial charge < -0.3 is 4.90 Å². The molecule has 0 aliphatic carbocycles. The highest BCUT2D eigenvalue weighted by Gasteiger charge is 2.42. The van der Waals surface area contributed by atoms with Crippen LogP contribution in [0.1, 0.15) is 67.2 Å². The zero-order valence-electron chi connectivity index (χ0n) is 13.6. The molecule has 1 amide bonds. The molecule has 1 aliphatic heterocycles. The van der Waals surface area contributed by atoms with E-state index in [2.05, 4.69) is 51.8 Å². The molecule has 112 valence electrons. The fourth-order valence-electron chi connectivity index (χ4n) is 3.22. The lowest BCUT2D eigenvalue weighted by Gasteiger charge is -2.35. The molecule has 3 unspecified atom stereocenters. The molecule has 1 saturated heterocycles. The van der Waals surface area contributed by atoms with Gasteiger partial charge in [-0.05, 0) is 31.1 Å². The van der Waals surface area contributed by atoms with Crippen molar-refractivity contribution in [2.24, 2.45) is 11.8 Å². The van der Waals surface area contributed by atoms with Crippen molar-refractivity contribution in [3.63, 3.8) is 0 Å². The van der Waals surface area contributed by atoms with Gasteiger partial charge in [-0.15, -0.1) is 0 Å². The van der Waals surface area contributed by atoms with Crippen LogP contribution in [0.5, 0.6) is 0 Å². The van der Waals surface area contributed by atoms with Crippen LogP contribution in [0.4, 0.5) is 0 Å². The van der Waals surface area contributed by atoms with Crippen LogP contribution in [0.3, 0.4) is 0 Å². The van der Waals surface area contributed by atoms with Crippen LogP contribution >= 0.6 is 0 Å². The Morgan fingerprint density at radius 2 is 1.84 bits per heavy atom. The summed E-state index contributed by atoms with van der Waals surface area (Å²) >= 11 is 0. The molecule has 0 bridgehead atoms. The Hall–Kier alpha value is -0.570. The molecule has 0 aromatic heterocycles. The lowest BCUT2D eigenvalue weighted by molar-refractivity contribution is -0.133. The predicted octanol–water partition coefficient (Wildman–Crippen LogP) is 3.39. The topological polar surface area (TPSA) is 32.3 Å². The maximum atomic E-state index is 12.7. The van der Waals surface area contributed by atoms with Crippen LogP contribution < -0.4 is 5.32 Å². The number of nitrogens with zero attached hydrogens (tertiary/aromatic N) is 1. The van der Waals surface area contributed by atoms with Gasteiger partial charge in [-0.25, -0.2) is 0 Å². The summed E-state index contributed by atoms with van der Waals surface area (Å²) < 4.78 is 0. The summed E-state index contributed by atoms with van der Waals surface area (Å²) in [5, 5.41) is 3.57. The van der Waals surface area contributed by atoms with Crippen LogP contribution in [0, 0.1) is 11.8 Å². The second kappa shape index (κ2) is 7.28. The van der Waals surface area contributed by atoms with Crippen molar-refractivity contribution in [3.05, 3.63) is 0 Å². The number of carbonyl (C=O) groups is 1. The van der Waals surface area contributed by atoms with Gasteiger partial charge in [-0.3, -0.25) is 10.1 Å². The Bertz CT molecular complexity index is 288. The van der Waals surface area contributed by atoms with E-state index in [1.165, 1.54) is 0 Å². The normalized spacial score (nSPS) is 25.7. The number of nitrogens with one attached hydrogen (secondary N) is 1. The van der Waals surface area contributed by atoms with E-state index in [9.17, 15) is 4.79 Å². The van der Waals surface area contributed by atoms with Crippen molar-refractivity contribution < 1.29 is 4.79 Å². The summed E-state index contributed by atoms with van der Waals surface area (Å²) in [5.41, 5.74) is 0. The lowest BCUT2D eigenvalue weighted by atomic mass is 9.98. The van der Waals surface area contributed by atoms with Gasteiger partial charge in [0.2, 0.25) is 5.91 Å². The van der Waals surface area contributed by atoms with E-state index in [1.807, 2.05) is 0 Å². The zero-order chi connectivity index (χ0) is 14.6. The van der Waals surface area contributed by atoms with E-state index in [1.54, 1.807) is 0 Å². The molecule has 0 aromatic rings. The van der Waals surface area contributed by atoms with Gasteiger partial charge in [-0.1, -0.05) is 48.0 Å². The first-order valence-electron chi connectivity index (χ1n) is 8.00. The van der Waals surface area contributed by atoms with Crippen molar-refractivity contribution in [3.8, 4) is 0 Å². The Morgan fingerprint density at radius 1 is 1.21 bits per heavy atom. The molecular weight excluding hydrogens is 236 g/mol. The maximum absolute atomic E-state index is 12.7. The summed E-state index contributed by atoms with van der Waals surface area (Å²) in [6.07, 6.45) is 4.34. The second-order valence-electron chi connectivity index (χ2n) is 6.62. The fourth-order valence-corrected chi connectivity index (χ4v) is 3.22. The van der Waals surface area contributed by atoms with E-state index in [4.69, 9.17) is 0 Å². The minimum Gasteiger partial charge on any atom is -0.323 e. The van der Waals surface area contributed by atoms with Crippen LogP contribution in [-0.4, -0.2) is 29.1 Å². The first-order valence-corrected chi connectivity index (χ1v) is 8.00. The van der Waals surface area contributed by atoms with Gasteiger partial charge in [0, 0.05) is 6.04 Å². The smallest absolute Gasteiger partial charge is 0.241 e. The summed E-state index contributed by atoms with van der Waals surface area (Å²) in [5.74, 6) is 1.46. The monoisotopic (exact) mass is 268 g/mol. The average molecular weight is 268 g/mol. The Labute approximate surface area is 119 Å². The molecule has 0 spiro atoms. The summed E-state index contributed by atoms with van der Waals surface area (Å²) in [6.45, 7) is 13.2. The van der Waals surface area contributed by atoms with Gasteiger partial charge >= 0.3 is 0 Å². The predicted molar refractivity (Wildman–Crippen MR) is 80.8 cm³/mol. The molecule has 3 nitrogen and oxygen atoms in total. The van der Waals surface area contributed by atoms with Crippen molar-refractivity contribution in [2.45, 2.75) is 85.5 Å². The van der Waals surface area contributed by atoms with Gasteiger partial charge in [0.1, 0.15) is 0 Å². The molecule has 19 heavy (non-hydrogen) atoms. The zero-order valence-corrected chi connectivity index (χ0v) is 13.6. The van der Waals surface area contributed by atoms with Crippen LogP contribution in [-0.2, 0) is 4.79 Å². The van der Waals surface area contributed by atoms with E-state index >= 15 is 0 Å². The quantitative estimate of drug-likeness (QED) is 0.767. The number of rotatable bonds is 7. The minimum absolute atomic E-state index is 0.0431. The molecule has 0 aromatic carbocycles. The summed E-state index contributed by atoms with van der Waals surface area (Å²) in [7, 11) is 0. The fraction of sp³-hybridized carbons (Fsp3) is 0.938. The molecule has 1 rings (SSSR count). The highest BCUT2D eigenvalue weighted by molar-refractivity contribution is 5.84. The van der Waals surface area contributed by atoms with Crippen molar-refractivity contribution in [2.75, 3.05) is 0 Å². The van der Waals surface area contributed by atoms with Gasteiger partial charge in [0.25, 0.3) is 0 Å². The Balaban J connectivity index is 2.89. The van der Waals surface area contributed by atoms with Gasteiger partial charge in [0.15, 0.2) is 0 Å². The minimum atomic E-state index is 0.0431. The molecule has 3 atom stereocenters. The molecule has 1 fully saturated rings. The third kappa shape index (κ3) is 3.95. The van der Waals surface area contributed by atoms with E-state index in [-0.39, 0.29) is 12.2 Å². The van der Waals surface area contributed by atoms with E-state index in [0.29, 0.717) is 23.8 Å². The largest absolute Gasteiger partial charge is 0.323 e. The maximum Gasteiger partial charge on any atom is 0.241 e. The molecule has 0 saturated carbocycles. The highest BCUT2D eigenvalue weighted by Crippen LogP contribution is 2.26. The van der Waals surface area contributed by atoms with Crippen LogP contribution in [0.2, 0.25) is 0 Å². The Morgan fingerprint density at radius 3 is 2.26 bits per heavy atom. The molecule has 1 aliphatic rings. The van der Waals surface area contributed by atoms with E-state index < -0.39 is 0 Å². The average Bonchev–Trinajstić information content (AvgIpc) is 2.58. The summed E-state index contributed by atoms with van der Waals surface area (Å²) in [4.78, 5) is 14.8. The number of amides is 1. The van der Waals surface area contributed by atoms with Gasteiger partial charge in [-0.2, -0.15) is 0 Å². The SMILES string of the molecule is CCCC1NC(CC(C)C)N(C(CC)C(C)C)C1=O. The first-order chi connectivity index (χ1) is 8.92. The van der Waals surface area contributed by atoms with Gasteiger partial charge in [0.05, 0.1) is 12.2 Å². The van der Waals surface area contributed by atoms with Crippen molar-refractivity contribution >= 4 is 5.91 Å². The van der Waals surface area contributed by atoms with Crippen LogP contribution in [0.15, 0.2) is 0 Å². The third-order valence-electron chi connectivity index (χ3n) is 4.10. The molecular formula is C16H32N2O. The molecule has 1 N–H and O–H groups in total. The lowest BCUT2D eigenvalue weighted by Crippen LogP contribution is -2.47. The highest BCUT2D eigenvalue weighted by atomic mass is 16.2. The molecule has 3 heteroatoms. The van der Waals surface area contributed by atoms with E-state index in [0.717, 1.165) is 25.7 Å². The number of hydrogen-bond acceptors (Lipinski definition) is 2. The molecule has 0 radical (unpaired) electrons.